The highest BCUT2D eigenvalue weighted by Gasteiger charge is 2.43. The summed E-state index contributed by atoms with van der Waals surface area (Å²) in [5.41, 5.74) is 7.89. The lowest BCUT2D eigenvalue weighted by atomic mass is 9.84. The highest BCUT2D eigenvalue weighted by molar-refractivity contribution is 8.76. The summed E-state index contributed by atoms with van der Waals surface area (Å²) >= 11 is 1.08. The van der Waals surface area contributed by atoms with E-state index in [4.69, 9.17) is 53.5 Å². The van der Waals surface area contributed by atoms with Crippen molar-refractivity contribution in [3.8, 4) is 17.2 Å². The molecule has 11 atom stereocenters. The van der Waals surface area contributed by atoms with E-state index < -0.39 is 125 Å². The van der Waals surface area contributed by atoms with Crippen molar-refractivity contribution < 1.29 is 139 Å². The van der Waals surface area contributed by atoms with Gasteiger partial charge < -0.3 is 105 Å². The Kier molecular flexibility index (Phi) is 56.9. The van der Waals surface area contributed by atoms with Crippen molar-refractivity contribution in [1.82, 2.24) is 46.3 Å². The fourth-order valence-electron chi connectivity index (χ4n) is 16.0. The summed E-state index contributed by atoms with van der Waals surface area (Å²) in [5.74, 6) is -8.93. The van der Waals surface area contributed by atoms with Crippen molar-refractivity contribution in [2.45, 2.75) is 266 Å². The number of likely N-dealkylation sites (tertiary alicyclic amines) is 2. The molecular formula is C103H152N10O29S3. The smallest absolute Gasteiger partial charge is 0.407 e. The van der Waals surface area contributed by atoms with Crippen LogP contribution in [-0.2, 0) is 124 Å². The third-order valence-electron chi connectivity index (χ3n) is 24.7. The van der Waals surface area contributed by atoms with Gasteiger partial charge in [0.15, 0.2) is 35.9 Å². The van der Waals surface area contributed by atoms with E-state index in [0.29, 0.717) is 79.7 Å². The zero-order chi connectivity index (χ0) is 107. The zero-order valence-corrected chi connectivity index (χ0v) is 88.9. The van der Waals surface area contributed by atoms with Gasteiger partial charge in [-0.2, -0.15) is 0 Å². The van der Waals surface area contributed by atoms with Crippen LogP contribution in [0.3, 0.4) is 0 Å². The number of piperidine rings is 2. The largest absolute Gasteiger partial charge is 0.508 e. The number of hydrogen-bond acceptors (Lipinski definition) is 33. The third-order valence-corrected chi connectivity index (χ3v) is 28.1. The Balaban J connectivity index is 0.000000511. The number of nitrogens with two attached hydrogens (primary N) is 1. The minimum Gasteiger partial charge on any atom is -0.508 e. The van der Waals surface area contributed by atoms with E-state index in [-0.39, 0.29) is 231 Å². The fraction of sp³-hybridized carbons (Fsp3) is 0.631. The molecule has 806 valence electrons. The number of ketones is 5. The molecule has 145 heavy (non-hydrogen) atoms. The predicted molar refractivity (Wildman–Crippen MR) is 544 cm³/mol. The number of phenolic OH excluding ortho intramolecular Hbond substituents is 1. The highest BCUT2D eigenvalue weighted by atomic mass is 33.1. The molecule has 0 saturated carbocycles. The van der Waals surface area contributed by atoms with Gasteiger partial charge in [-0.25, -0.2) is 14.6 Å². The number of methoxy groups -OCH3 is 2. The number of aryl methyl sites for hydroxylation is 1. The van der Waals surface area contributed by atoms with Crippen molar-refractivity contribution >= 4 is 133 Å². The quantitative estimate of drug-likeness (QED) is 0.00495. The van der Waals surface area contributed by atoms with Crippen LogP contribution in [0.15, 0.2) is 72.1 Å². The Hall–Kier alpha value is -11.0. The predicted octanol–water partition coefficient (Wildman–Crippen LogP) is 10.6. The Labute approximate surface area is 862 Å². The molecule has 10 N–H and O–H groups in total. The first-order valence-corrected chi connectivity index (χ1v) is 53.0. The first-order valence-electron chi connectivity index (χ1n) is 49.6. The van der Waals surface area contributed by atoms with Gasteiger partial charge in [-0.3, -0.25) is 72.0 Å². The second-order valence-electron chi connectivity index (χ2n) is 37.7. The third kappa shape index (κ3) is 46.3. The van der Waals surface area contributed by atoms with Crippen molar-refractivity contribution in [1.29, 1.82) is 0 Å². The van der Waals surface area contributed by atoms with Crippen molar-refractivity contribution in [3.05, 3.63) is 105 Å². The molecule has 2 saturated heterocycles. The van der Waals surface area contributed by atoms with Gasteiger partial charge in [0.25, 0.3) is 11.8 Å². The van der Waals surface area contributed by atoms with Crippen LogP contribution in [0.4, 0.5) is 4.79 Å². The molecule has 4 aromatic rings. The number of nitrogens with zero attached hydrogens (tertiary/aromatic N) is 4. The van der Waals surface area contributed by atoms with Gasteiger partial charge in [-0.05, 0) is 156 Å². The number of phenols is 1. The van der Waals surface area contributed by atoms with Crippen LogP contribution in [0.2, 0.25) is 0 Å². The number of esters is 3. The number of aliphatic carboxylic acids is 2. The van der Waals surface area contributed by atoms with Gasteiger partial charge in [0.2, 0.25) is 29.4 Å². The number of nitrogens with one attached hydrogen (secondary N) is 5. The standard InChI is InChI=1S/C52H77N5O14S3.C51H75N5O15/c1-10-13-47(63)70-30-57(50(65)40(31(2)3)25-44(61)42-14-11-12-19-56(42)9)43(32(4)5)26-46(71-35(8)59)49-55-41(29-72-49)48(64)54-38(24-36-15-17-39(60)18-16-36)22-33(6)45(62)27-53-52(68)69-20-21-73-74-28-37(51(66)67)23-34(7)58;1-7-51(3,4)47(62)49(64)56-22-9-8-13-40(56)50(65)71-41(17-14-35-15-18-42(66-5)43(32-35)67-6)37-12-10-11-36(30-37)31-38(57)16-19-44(58)53-21-24-69-26-28-70-27-25-68-23-20-45(59)54-33-39(52)48(63)55-34(2)29-46(60)61/h15-18,29,31-33,37-38,40,42-43,46,60H,10-14,19-28,30H2,1-9H3,(H,53,68)(H,54,64)(H,66,67);10-12,15,18,30,32,34,39-41H,7-9,13-14,16-17,19-29,31,33,52H2,1-6H3,(H,53,58)(H,54,59)(H,55,63)(H,60,61)/t33-,37+,38+,40-,42+,43+,46+;34-,39+,40?,41?/m00/s1. The molecule has 2 aliphatic heterocycles. The molecule has 2 unspecified atom stereocenters. The normalized spacial score (nSPS) is 15.6. The van der Waals surface area contributed by atoms with Gasteiger partial charge in [0.1, 0.15) is 52.8 Å². The van der Waals surface area contributed by atoms with Crippen molar-refractivity contribution in [2.24, 2.45) is 40.7 Å². The molecule has 0 radical (unpaired) electrons. The fourth-order valence-corrected chi connectivity index (χ4v) is 19.0. The van der Waals surface area contributed by atoms with E-state index in [1.54, 1.807) is 72.2 Å². The Bertz CT molecular complexity index is 4860. The molecule has 6 rings (SSSR count). The van der Waals surface area contributed by atoms with Crippen LogP contribution in [0.25, 0.3) is 0 Å². The number of hydrogen-bond donors (Lipinski definition) is 9. The summed E-state index contributed by atoms with van der Waals surface area (Å²) < 4.78 is 50.2. The molecule has 39 nitrogen and oxygen atoms in total. The monoisotopic (exact) mass is 2090 g/mol. The summed E-state index contributed by atoms with van der Waals surface area (Å²) in [6.45, 7) is 22.3. The summed E-state index contributed by atoms with van der Waals surface area (Å²) in [5, 5.41) is 43.0. The second-order valence-corrected chi connectivity index (χ2v) is 41.2. The minimum absolute atomic E-state index is 0.00386. The lowest BCUT2D eigenvalue weighted by Crippen LogP contribution is -2.53. The summed E-state index contributed by atoms with van der Waals surface area (Å²) in [4.78, 5) is 227. The molecule has 7 amide bonds. The van der Waals surface area contributed by atoms with E-state index in [0.717, 1.165) is 41.9 Å². The topological polar surface area (TPSA) is 543 Å². The number of benzene rings is 3. The lowest BCUT2D eigenvalue weighted by Gasteiger charge is -2.39. The molecule has 0 bridgehead atoms. The molecule has 3 heterocycles. The molecule has 2 fully saturated rings. The molecule has 3 aromatic carbocycles. The number of carbonyl (C=O) groups is 17. The molecule has 1 aromatic heterocycles. The van der Waals surface area contributed by atoms with Crippen LogP contribution >= 0.6 is 32.9 Å². The molecular weight excluding hydrogens is 1940 g/mol. The number of thiazole rings is 1. The van der Waals surface area contributed by atoms with Gasteiger partial charge in [-0.15, -0.1) is 11.3 Å². The van der Waals surface area contributed by atoms with Crippen LogP contribution in [-0.4, -0.2) is 290 Å². The van der Waals surface area contributed by atoms with Gasteiger partial charge >= 0.3 is 35.9 Å². The number of amides is 7. The number of carboxylic acid groups (broad SMARTS) is 2. The molecule has 2 aliphatic rings. The number of rotatable bonds is 67. The van der Waals surface area contributed by atoms with E-state index >= 15 is 0 Å². The number of alkyl carbamates (subject to hydrolysis) is 1. The maximum atomic E-state index is 14.8. The summed E-state index contributed by atoms with van der Waals surface area (Å²) in [7, 11) is 7.57. The first kappa shape index (κ1) is 124. The maximum Gasteiger partial charge on any atom is 0.407 e. The molecule has 0 spiro atoms. The first-order chi connectivity index (χ1) is 68.9. The second kappa shape index (κ2) is 66.3. The average Bonchev–Trinajstić information content (AvgIpc) is 0.987. The Morgan fingerprint density at radius 2 is 1.33 bits per heavy atom. The Morgan fingerprint density at radius 1 is 0.669 bits per heavy atom. The summed E-state index contributed by atoms with van der Waals surface area (Å²) in [6.07, 6.45) is 3.95. The number of likely N-dealkylation sites (N-methyl/N-ethyl adjacent to an activating group) is 1. The number of Topliss-reactive ketones (excluding diaryl/α,β-unsaturated/α-hetero) is 5. The molecule has 42 heteroatoms. The Morgan fingerprint density at radius 3 is 1.97 bits per heavy atom. The van der Waals surface area contributed by atoms with Crippen LogP contribution in [0.1, 0.15) is 249 Å². The van der Waals surface area contributed by atoms with Crippen LogP contribution < -0.4 is 41.8 Å². The van der Waals surface area contributed by atoms with Crippen molar-refractivity contribution in [3.63, 3.8) is 0 Å². The van der Waals surface area contributed by atoms with E-state index in [2.05, 4.69) is 31.6 Å². The minimum atomic E-state index is -1.06. The van der Waals surface area contributed by atoms with Crippen LogP contribution in [0, 0.1) is 35.0 Å². The van der Waals surface area contributed by atoms with Gasteiger partial charge in [0, 0.05) is 130 Å². The number of carboxylic acids is 2. The van der Waals surface area contributed by atoms with E-state index in [9.17, 15) is 91.7 Å². The average molecular weight is 2090 g/mol. The molecule has 0 aliphatic carbocycles. The van der Waals surface area contributed by atoms with Gasteiger partial charge in [0.05, 0.1) is 78.8 Å². The number of carbonyl (C=O) groups excluding carboxylic acids is 15. The number of aromatic hydroxyl groups is 1. The number of aromatic nitrogens is 1. The summed E-state index contributed by atoms with van der Waals surface area (Å²) in [6, 6.07) is 15.0. The SMILES string of the molecule is CCC(C)(C)C(=O)C(=O)N1CCCCC1C(=O)OC(CCc1ccc(OC)c(OC)c1)c1cccc(CC(=O)CCC(=O)NCCOCCOCCOCCC(=O)NC[C@@H](N)C(=O)N[C@@H](C)CC(=O)O)c1.CCCC(=O)OCN(C(=O)[C@@H](CC(=O)[C@H]1CCCCN1C)C(C)C)[C@H](C[C@@H](OC(C)=O)c1nc(C(=O)N[C@@H](Cc2ccc(O)cc2)C[C@H](C)C(=O)CNC(=O)OCCSSC[C@@H](CC(C)=O)C(=O)O)cs1)C(C)C. The number of ether oxygens (including phenoxy) is 9. The highest BCUT2D eigenvalue weighted by Crippen LogP contribution is 2.37. The van der Waals surface area contributed by atoms with Crippen molar-refractivity contribution in [2.75, 3.05) is 118 Å². The lowest BCUT2D eigenvalue weighted by molar-refractivity contribution is -0.164. The van der Waals surface area contributed by atoms with E-state index in [1.807, 2.05) is 77.8 Å². The van der Waals surface area contributed by atoms with Crippen LogP contribution in [0.5, 0.6) is 17.2 Å². The zero-order valence-electron chi connectivity index (χ0n) is 86.4. The van der Waals surface area contributed by atoms with E-state index in [1.165, 1.54) is 62.7 Å². The van der Waals surface area contributed by atoms with Gasteiger partial charge in [-0.1, -0.05) is 133 Å². The maximum absolute atomic E-state index is 14.8.